The van der Waals surface area contributed by atoms with Gasteiger partial charge in [-0.3, -0.25) is 14.7 Å². The maximum Gasteiger partial charge on any atom is 0.221 e. The number of pyridine rings is 1. The first-order chi connectivity index (χ1) is 13.0. The molecule has 5 heteroatoms. The van der Waals surface area contributed by atoms with Gasteiger partial charge < -0.3 is 10.1 Å². The molecule has 5 nitrogen and oxygen atoms in total. The molecule has 2 aromatic rings. The Morgan fingerprint density at radius 3 is 2.81 bits per heavy atom. The van der Waals surface area contributed by atoms with Crippen LogP contribution in [-0.4, -0.2) is 41.1 Å². The van der Waals surface area contributed by atoms with Crippen LogP contribution in [0.3, 0.4) is 0 Å². The Morgan fingerprint density at radius 1 is 1.26 bits per heavy atom. The fourth-order valence-electron chi connectivity index (χ4n) is 4.12. The highest BCUT2D eigenvalue weighted by Gasteiger charge is 2.35. The molecule has 2 aliphatic rings. The lowest BCUT2D eigenvalue weighted by Gasteiger charge is -2.42. The Hall–Kier alpha value is -2.24. The van der Waals surface area contributed by atoms with Gasteiger partial charge in [-0.25, -0.2) is 0 Å². The average Bonchev–Trinajstić information content (AvgIpc) is 2.63. The summed E-state index contributed by atoms with van der Waals surface area (Å²) in [5, 5.41) is 3.86. The van der Waals surface area contributed by atoms with Gasteiger partial charge in [0.2, 0.25) is 5.91 Å². The van der Waals surface area contributed by atoms with Crippen LogP contribution in [0.2, 0.25) is 0 Å². The predicted octanol–water partition coefficient (Wildman–Crippen LogP) is 3.89. The van der Waals surface area contributed by atoms with Gasteiger partial charge in [0.15, 0.2) is 0 Å². The molecule has 1 aromatic heterocycles. The molecule has 0 aliphatic carbocycles. The maximum absolute atomic E-state index is 11.2. The van der Waals surface area contributed by atoms with E-state index in [9.17, 15) is 4.79 Å². The van der Waals surface area contributed by atoms with Crippen LogP contribution in [0.15, 0.2) is 42.0 Å². The Bertz CT molecular complexity index is 882. The minimum absolute atomic E-state index is 0.0320. The molecule has 0 bridgehead atoms. The molecule has 4 rings (SSSR count). The Kier molecular flexibility index (Phi) is 4.98. The van der Waals surface area contributed by atoms with Crippen LogP contribution in [0, 0.1) is 0 Å². The number of fused-ring (bicyclic) bond motifs is 1. The number of carbonyl (C=O) groups excluding carboxylic acids is 1. The Balaban J connectivity index is 1.42. The zero-order valence-electron chi connectivity index (χ0n) is 16.1. The molecule has 3 heterocycles. The number of rotatable bonds is 3. The van der Waals surface area contributed by atoms with Crippen molar-refractivity contribution in [3.05, 3.63) is 47.7 Å². The molecule has 142 valence electrons. The van der Waals surface area contributed by atoms with Crippen molar-refractivity contribution >= 4 is 22.5 Å². The van der Waals surface area contributed by atoms with E-state index in [0.717, 1.165) is 67.8 Å². The van der Waals surface area contributed by atoms with Gasteiger partial charge in [0.05, 0.1) is 23.4 Å². The van der Waals surface area contributed by atoms with Gasteiger partial charge in [-0.05, 0) is 50.5 Å². The summed E-state index contributed by atoms with van der Waals surface area (Å²) in [5.41, 5.74) is 4.29. The van der Waals surface area contributed by atoms with Gasteiger partial charge in [0.25, 0.3) is 0 Å². The van der Waals surface area contributed by atoms with E-state index in [-0.39, 0.29) is 11.5 Å². The molecule has 0 unspecified atom stereocenters. The van der Waals surface area contributed by atoms with Crippen LogP contribution >= 0.6 is 0 Å². The van der Waals surface area contributed by atoms with Gasteiger partial charge in [0.1, 0.15) is 0 Å². The Labute approximate surface area is 160 Å². The van der Waals surface area contributed by atoms with E-state index in [1.165, 1.54) is 12.5 Å². The van der Waals surface area contributed by atoms with Crippen LogP contribution in [0.25, 0.3) is 10.9 Å². The summed E-state index contributed by atoms with van der Waals surface area (Å²) in [6.45, 7) is 7.52. The highest BCUT2D eigenvalue weighted by atomic mass is 16.5. The van der Waals surface area contributed by atoms with E-state index in [2.05, 4.69) is 35.3 Å². The summed E-state index contributed by atoms with van der Waals surface area (Å²) in [6, 6.07) is 10.0. The van der Waals surface area contributed by atoms with E-state index in [0.29, 0.717) is 0 Å². The molecular formula is C22H27N3O2. The van der Waals surface area contributed by atoms with Crippen molar-refractivity contribution in [2.75, 3.05) is 25.0 Å². The number of hydrogen-bond acceptors (Lipinski definition) is 4. The number of nitrogens with zero attached hydrogens (tertiary/aromatic N) is 2. The van der Waals surface area contributed by atoms with Gasteiger partial charge in [0, 0.05) is 37.6 Å². The van der Waals surface area contributed by atoms with Crippen LogP contribution in [0.1, 0.15) is 38.8 Å². The molecule has 2 aliphatic heterocycles. The summed E-state index contributed by atoms with van der Waals surface area (Å²) in [4.78, 5) is 18.5. The molecule has 1 amide bonds. The van der Waals surface area contributed by atoms with Gasteiger partial charge in [-0.1, -0.05) is 17.7 Å². The average molecular weight is 365 g/mol. The van der Waals surface area contributed by atoms with Crippen molar-refractivity contribution in [3.8, 4) is 0 Å². The van der Waals surface area contributed by atoms with E-state index in [1.54, 1.807) is 0 Å². The minimum Gasteiger partial charge on any atom is -0.370 e. The Morgan fingerprint density at radius 2 is 2.07 bits per heavy atom. The number of amides is 1. The second kappa shape index (κ2) is 7.41. The number of hydrogen-bond donors (Lipinski definition) is 1. The number of carbonyl (C=O) groups is 1. The standard InChI is InChI=1S/C22H27N3O2/c1-16-7-12-27-22(14-16)8-10-25(11-9-22)15-20-4-3-18-13-19(23-17(2)26)5-6-21(18)24-20/h3-6,13-14H,7-12,15H2,1-2H3,(H,23,26). The van der Waals surface area contributed by atoms with Crippen molar-refractivity contribution < 1.29 is 9.53 Å². The van der Waals surface area contributed by atoms with E-state index in [1.807, 2.05) is 18.2 Å². The smallest absolute Gasteiger partial charge is 0.221 e. The molecule has 1 N–H and O–H groups in total. The lowest BCUT2D eigenvalue weighted by Crippen LogP contribution is -2.46. The first-order valence-corrected chi connectivity index (χ1v) is 9.73. The molecule has 0 radical (unpaired) electrons. The van der Waals surface area contributed by atoms with E-state index >= 15 is 0 Å². The van der Waals surface area contributed by atoms with Gasteiger partial charge in [-0.2, -0.15) is 0 Å². The third kappa shape index (κ3) is 4.20. The number of piperidine rings is 1. The van der Waals surface area contributed by atoms with Crippen molar-refractivity contribution in [1.29, 1.82) is 0 Å². The first kappa shape index (κ1) is 18.1. The van der Waals surface area contributed by atoms with Crippen molar-refractivity contribution in [2.24, 2.45) is 0 Å². The highest BCUT2D eigenvalue weighted by molar-refractivity contribution is 5.92. The third-order valence-corrected chi connectivity index (χ3v) is 5.55. The lowest BCUT2D eigenvalue weighted by atomic mass is 9.87. The maximum atomic E-state index is 11.2. The number of anilines is 1. The number of likely N-dealkylation sites (tertiary alicyclic amines) is 1. The summed E-state index contributed by atoms with van der Waals surface area (Å²) in [5.74, 6) is -0.0613. The third-order valence-electron chi connectivity index (χ3n) is 5.55. The summed E-state index contributed by atoms with van der Waals surface area (Å²) >= 11 is 0. The molecule has 0 saturated carbocycles. The van der Waals surface area contributed by atoms with E-state index < -0.39 is 0 Å². The van der Waals surface area contributed by atoms with Crippen molar-refractivity contribution in [1.82, 2.24) is 9.88 Å². The molecule has 0 atom stereocenters. The van der Waals surface area contributed by atoms with Crippen molar-refractivity contribution in [2.45, 2.75) is 45.3 Å². The molecule has 1 spiro atoms. The predicted molar refractivity (Wildman–Crippen MR) is 108 cm³/mol. The summed E-state index contributed by atoms with van der Waals surface area (Å²) < 4.78 is 6.12. The number of nitrogens with one attached hydrogen (secondary N) is 1. The topological polar surface area (TPSA) is 54.5 Å². The number of aromatic nitrogens is 1. The second-order valence-electron chi connectivity index (χ2n) is 7.82. The van der Waals surface area contributed by atoms with E-state index in [4.69, 9.17) is 9.72 Å². The number of ether oxygens (including phenoxy) is 1. The molecule has 1 fully saturated rings. The zero-order chi connectivity index (χ0) is 18.9. The van der Waals surface area contributed by atoms with Crippen LogP contribution in [0.4, 0.5) is 5.69 Å². The second-order valence-corrected chi connectivity index (χ2v) is 7.82. The van der Waals surface area contributed by atoms with Gasteiger partial charge >= 0.3 is 0 Å². The van der Waals surface area contributed by atoms with Crippen LogP contribution in [-0.2, 0) is 16.1 Å². The molecule has 1 saturated heterocycles. The fraction of sp³-hybridized carbons (Fsp3) is 0.455. The molecule has 27 heavy (non-hydrogen) atoms. The fourth-order valence-corrected chi connectivity index (χ4v) is 4.12. The molecule has 1 aromatic carbocycles. The zero-order valence-corrected chi connectivity index (χ0v) is 16.1. The van der Waals surface area contributed by atoms with Crippen LogP contribution < -0.4 is 5.32 Å². The first-order valence-electron chi connectivity index (χ1n) is 9.73. The van der Waals surface area contributed by atoms with Gasteiger partial charge in [-0.15, -0.1) is 0 Å². The SMILES string of the molecule is CC(=O)Nc1ccc2nc(CN3CCC4(C=C(C)CCO4)CC3)ccc2c1. The quantitative estimate of drug-likeness (QED) is 0.839. The van der Waals surface area contributed by atoms with Crippen LogP contribution in [0.5, 0.6) is 0 Å². The summed E-state index contributed by atoms with van der Waals surface area (Å²) in [6.07, 6.45) is 5.53. The highest BCUT2D eigenvalue weighted by Crippen LogP contribution is 2.33. The minimum atomic E-state index is -0.0613. The van der Waals surface area contributed by atoms with Crippen molar-refractivity contribution in [3.63, 3.8) is 0 Å². The molecular weight excluding hydrogens is 338 g/mol. The summed E-state index contributed by atoms with van der Waals surface area (Å²) in [7, 11) is 0. The lowest BCUT2D eigenvalue weighted by molar-refractivity contribution is -0.114. The monoisotopic (exact) mass is 365 g/mol. The largest absolute Gasteiger partial charge is 0.370 e. The number of benzene rings is 1. The normalized spacial score (nSPS) is 19.9.